The number of hydrogen-bond donors (Lipinski definition) is 1. The van der Waals surface area contributed by atoms with Crippen molar-refractivity contribution in [2.24, 2.45) is 0 Å². The van der Waals surface area contributed by atoms with E-state index >= 15 is 0 Å². The maximum atomic E-state index is 12.3. The lowest BCUT2D eigenvalue weighted by atomic mass is 10.1. The second kappa shape index (κ2) is 18.1. The van der Waals surface area contributed by atoms with Gasteiger partial charge in [0, 0.05) is 6.42 Å². The Morgan fingerprint density at radius 3 is 1.86 bits per heavy atom. The molecule has 1 aromatic rings. The van der Waals surface area contributed by atoms with Crippen molar-refractivity contribution in [1.82, 2.24) is 0 Å². The van der Waals surface area contributed by atoms with Crippen molar-refractivity contribution in [2.75, 3.05) is 0 Å². The molecule has 0 unspecified atom stereocenters. The monoisotopic (exact) mass is 410 g/mol. The Balaban J connectivity index is 0.000000651. The SMILES string of the molecule is CCCCCCCCCCCCCC(=O)OC(C)C.O=C(O)c1cccc(F)c1. The standard InChI is InChI=1S/C17H34O2.C7H5FO2/c1-4-5-6-7-8-9-10-11-12-13-14-15-17(18)19-16(2)3;8-6-3-1-2-5(4-6)7(9)10/h16H,4-15H2,1-3H3;1-4H,(H,9,10). The van der Waals surface area contributed by atoms with Crippen molar-refractivity contribution in [1.29, 1.82) is 0 Å². The van der Waals surface area contributed by atoms with Crippen LogP contribution in [0.4, 0.5) is 4.39 Å². The van der Waals surface area contributed by atoms with E-state index in [1.54, 1.807) is 0 Å². The van der Waals surface area contributed by atoms with Crippen molar-refractivity contribution >= 4 is 11.9 Å². The predicted octanol–water partition coefficient (Wildman–Crippen LogP) is 7.16. The highest BCUT2D eigenvalue weighted by atomic mass is 19.1. The number of carboxylic acid groups (broad SMARTS) is 1. The smallest absolute Gasteiger partial charge is 0.335 e. The average Bonchev–Trinajstić information content (AvgIpc) is 2.66. The average molecular weight is 411 g/mol. The second-order valence-electron chi connectivity index (χ2n) is 7.64. The topological polar surface area (TPSA) is 63.6 Å². The van der Waals surface area contributed by atoms with E-state index in [0.717, 1.165) is 12.5 Å². The first-order chi connectivity index (χ1) is 13.9. The second-order valence-corrected chi connectivity index (χ2v) is 7.64. The first kappa shape index (κ1) is 27.1. The van der Waals surface area contributed by atoms with Gasteiger partial charge in [-0.2, -0.15) is 0 Å². The van der Waals surface area contributed by atoms with Crippen LogP contribution in [0.3, 0.4) is 0 Å². The number of carbonyl (C=O) groups excluding carboxylic acids is 1. The summed E-state index contributed by atoms with van der Waals surface area (Å²) >= 11 is 0. The predicted molar refractivity (Wildman–Crippen MR) is 116 cm³/mol. The first-order valence-electron chi connectivity index (χ1n) is 11.0. The fourth-order valence-electron chi connectivity index (χ4n) is 2.88. The van der Waals surface area contributed by atoms with E-state index in [0.29, 0.717) is 6.42 Å². The molecule has 0 spiro atoms. The number of ether oxygens (including phenoxy) is 1. The van der Waals surface area contributed by atoms with Crippen LogP contribution in [0, 0.1) is 5.82 Å². The van der Waals surface area contributed by atoms with Gasteiger partial charge in [-0.3, -0.25) is 4.79 Å². The van der Waals surface area contributed by atoms with E-state index in [1.165, 1.54) is 82.4 Å². The Morgan fingerprint density at radius 2 is 1.45 bits per heavy atom. The van der Waals surface area contributed by atoms with Gasteiger partial charge in [0.2, 0.25) is 0 Å². The van der Waals surface area contributed by atoms with Crippen LogP contribution in [0.25, 0.3) is 0 Å². The minimum Gasteiger partial charge on any atom is -0.478 e. The molecule has 4 nitrogen and oxygen atoms in total. The van der Waals surface area contributed by atoms with Gasteiger partial charge in [-0.15, -0.1) is 0 Å². The zero-order valence-electron chi connectivity index (χ0n) is 18.4. The maximum Gasteiger partial charge on any atom is 0.335 e. The maximum absolute atomic E-state index is 12.3. The van der Waals surface area contributed by atoms with E-state index in [9.17, 15) is 14.0 Å². The van der Waals surface area contributed by atoms with Crippen molar-refractivity contribution in [3.8, 4) is 0 Å². The van der Waals surface area contributed by atoms with Crippen LogP contribution < -0.4 is 0 Å². The zero-order valence-corrected chi connectivity index (χ0v) is 18.4. The number of halogens is 1. The molecule has 0 bridgehead atoms. The lowest BCUT2D eigenvalue weighted by Crippen LogP contribution is -2.10. The summed E-state index contributed by atoms with van der Waals surface area (Å²) in [6, 6.07) is 4.87. The number of benzene rings is 1. The fourth-order valence-corrected chi connectivity index (χ4v) is 2.88. The molecule has 0 saturated heterocycles. The molecule has 166 valence electrons. The van der Waals surface area contributed by atoms with Crippen LogP contribution in [0.15, 0.2) is 24.3 Å². The quantitative estimate of drug-likeness (QED) is 0.261. The van der Waals surface area contributed by atoms with Crippen molar-refractivity contribution in [2.45, 2.75) is 104 Å². The Morgan fingerprint density at radius 1 is 0.931 bits per heavy atom. The Labute approximate surface area is 175 Å². The molecule has 1 rings (SSSR count). The van der Waals surface area contributed by atoms with Gasteiger partial charge in [-0.05, 0) is 38.5 Å². The summed E-state index contributed by atoms with van der Waals surface area (Å²) in [6.45, 7) is 6.06. The largest absolute Gasteiger partial charge is 0.478 e. The van der Waals surface area contributed by atoms with Crippen LogP contribution in [0.5, 0.6) is 0 Å². The zero-order chi connectivity index (χ0) is 21.9. The van der Waals surface area contributed by atoms with Crippen LogP contribution in [0.2, 0.25) is 0 Å². The van der Waals surface area contributed by atoms with E-state index in [-0.39, 0.29) is 17.6 Å². The summed E-state index contributed by atoms with van der Waals surface area (Å²) < 4.78 is 17.4. The Kier molecular flexibility index (Phi) is 16.9. The van der Waals surface area contributed by atoms with E-state index < -0.39 is 11.8 Å². The number of carboxylic acids is 1. The molecule has 0 fully saturated rings. The molecule has 0 saturated carbocycles. The van der Waals surface area contributed by atoms with Crippen LogP contribution >= 0.6 is 0 Å². The molecule has 0 heterocycles. The summed E-state index contributed by atoms with van der Waals surface area (Å²) in [4.78, 5) is 21.5. The number of aromatic carboxylic acids is 1. The number of unbranched alkanes of at least 4 members (excludes halogenated alkanes) is 10. The number of esters is 1. The number of hydrogen-bond acceptors (Lipinski definition) is 3. The van der Waals surface area contributed by atoms with Crippen molar-refractivity contribution in [3.63, 3.8) is 0 Å². The van der Waals surface area contributed by atoms with Crippen LogP contribution in [0.1, 0.15) is 108 Å². The van der Waals surface area contributed by atoms with Gasteiger partial charge in [0.15, 0.2) is 0 Å². The Bertz CT molecular complexity index is 558. The van der Waals surface area contributed by atoms with Gasteiger partial charge >= 0.3 is 11.9 Å². The highest BCUT2D eigenvalue weighted by Crippen LogP contribution is 2.12. The molecular weight excluding hydrogens is 371 g/mol. The molecule has 0 radical (unpaired) electrons. The molecule has 1 aromatic carbocycles. The minimum atomic E-state index is -1.11. The normalized spacial score (nSPS) is 10.4. The van der Waals surface area contributed by atoms with E-state index in [4.69, 9.17) is 9.84 Å². The van der Waals surface area contributed by atoms with Gasteiger partial charge in [-0.25, -0.2) is 9.18 Å². The Hall–Kier alpha value is -1.91. The molecule has 1 N–H and O–H groups in total. The van der Waals surface area contributed by atoms with Gasteiger partial charge in [0.05, 0.1) is 11.7 Å². The highest BCUT2D eigenvalue weighted by Gasteiger charge is 2.04. The fraction of sp³-hybridized carbons (Fsp3) is 0.667. The molecule has 0 aliphatic carbocycles. The summed E-state index contributed by atoms with van der Waals surface area (Å²) in [5.41, 5.74) is -0.0278. The molecule has 0 atom stereocenters. The molecule has 0 aliphatic rings. The van der Waals surface area contributed by atoms with E-state index in [2.05, 4.69) is 6.92 Å². The molecule has 0 amide bonds. The molecule has 0 aliphatic heterocycles. The van der Waals surface area contributed by atoms with Crippen molar-refractivity contribution in [3.05, 3.63) is 35.6 Å². The highest BCUT2D eigenvalue weighted by molar-refractivity contribution is 5.87. The summed E-state index contributed by atoms with van der Waals surface area (Å²) in [5.74, 6) is -1.68. The van der Waals surface area contributed by atoms with Gasteiger partial charge in [-0.1, -0.05) is 77.2 Å². The van der Waals surface area contributed by atoms with Gasteiger partial charge in [0.25, 0.3) is 0 Å². The summed E-state index contributed by atoms with van der Waals surface area (Å²) in [5, 5.41) is 8.34. The molecule has 5 heteroatoms. The molecular formula is C24H39FO4. The minimum absolute atomic E-state index is 0.0278. The third-order valence-corrected chi connectivity index (χ3v) is 4.42. The lowest BCUT2D eigenvalue weighted by Gasteiger charge is -2.07. The van der Waals surface area contributed by atoms with Gasteiger partial charge < -0.3 is 9.84 Å². The summed E-state index contributed by atoms with van der Waals surface area (Å²) in [6.07, 6.45) is 15.1. The third kappa shape index (κ3) is 17.9. The first-order valence-corrected chi connectivity index (χ1v) is 11.0. The van der Waals surface area contributed by atoms with Gasteiger partial charge in [0.1, 0.15) is 5.82 Å². The van der Waals surface area contributed by atoms with E-state index in [1.807, 2.05) is 13.8 Å². The molecule has 0 aromatic heterocycles. The van der Waals surface area contributed by atoms with Crippen LogP contribution in [-0.4, -0.2) is 23.1 Å². The molecule has 29 heavy (non-hydrogen) atoms. The number of carbonyl (C=O) groups is 2. The van der Waals surface area contributed by atoms with Crippen LogP contribution in [-0.2, 0) is 9.53 Å². The van der Waals surface area contributed by atoms with Crippen molar-refractivity contribution < 1.29 is 23.8 Å². The summed E-state index contributed by atoms with van der Waals surface area (Å²) in [7, 11) is 0. The lowest BCUT2D eigenvalue weighted by molar-refractivity contribution is -0.147. The third-order valence-electron chi connectivity index (χ3n) is 4.42. The number of rotatable bonds is 14.